The summed E-state index contributed by atoms with van der Waals surface area (Å²) in [5, 5.41) is 17.9. The number of aromatic nitrogens is 3. The minimum absolute atomic E-state index is 0.0365. The zero-order chi connectivity index (χ0) is 15.8. The van der Waals surface area contributed by atoms with Crippen molar-refractivity contribution in [2.45, 2.75) is 25.4 Å². The third kappa shape index (κ3) is 2.84. The van der Waals surface area contributed by atoms with E-state index < -0.39 is 0 Å². The fourth-order valence-electron chi connectivity index (χ4n) is 3.26. The van der Waals surface area contributed by atoms with E-state index in [0.29, 0.717) is 5.92 Å². The number of benzene rings is 1. The molecule has 0 bridgehead atoms. The Kier molecular flexibility index (Phi) is 3.79. The van der Waals surface area contributed by atoms with Crippen LogP contribution in [0.3, 0.4) is 0 Å². The van der Waals surface area contributed by atoms with E-state index in [1.54, 1.807) is 0 Å². The van der Waals surface area contributed by atoms with E-state index in [9.17, 15) is 5.11 Å². The smallest absolute Gasteiger partial charge is 0.112 e. The number of hydrogen-bond donors (Lipinski definition) is 1. The van der Waals surface area contributed by atoms with E-state index >= 15 is 0 Å². The standard InChI is InChI=1S/C17H23N5O/c1-20-8-10-21(11-9-20)14-4-6-15(7-5-14)22-17(13-2-3-13)16(12-23)18-19-22/h4-7,13,23H,2-3,8-12H2,1H3. The summed E-state index contributed by atoms with van der Waals surface area (Å²) in [4.78, 5) is 4.78. The van der Waals surface area contributed by atoms with Crippen molar-refractivity contribution in [2.24, 2.45) is 0 Å². The molecule has 2 heterocycles. The number of nitrogens with zero attached hydrogens (tertiary/aromatic N) is 5. The molecule has 0 radical (unpaired) electrons. The van der Waals surface area contributed by atoms with Gasteiger partial charge in [0.15, 0.2) is 0 Å². The molecule has 1 saturated carbocycles. The molecule has 2 aromatic rings. The minimum Gasteiger partial charge on any atom is -0.390 e. The summed E-state index contributed by atoms with van der Waals surface area (Å²) in [6.45, 7) is 4.32. The second kappa shape index (κ2) is 5.94. The van der Waals surface area contributed by atoms with Gasteiger partial charge in [-0.3, -0.25) is 0 Å². The molecule has 6 heteroatoms. The Hall–Kier alpha value is -1.92. The van der Waals surface area contributed by atoms with Crippen molar-refractivity contribution in [3.05, 3.63) is 35.7 Å². The Balaban J connectivity index is 1.58. The first kappa shape index (κ1) is 14.7. The van der Waals surface area contributed by atoms with Gasteiger partial charge in [-0.15, -0.1) is 5.10 Å². The summed E-state index contributed by atoms with van der Waals surface area (Å²) in [6, 6.07) is 8.54. The van der Waals surface area contributed by atoms with Gasteiger partial charge in [0.05, 0.1) is 18.0 Å². The average molecular weight is 313 g/mol. The minimum atomic E-state index is -0.0365. The second-order valence-corrected chi connectivity index (χ2v) is 6.57. The van der Waals surface area contributed by atoms with Crippen molar-refractivity contribution in [1.29, 1.82) is 0 Å². The number of rotatable bonds is 4. The van der Waals surface area contributed by atoms with Crippen molar-refractivity contribution >= 4 is 5.69 Å². The zero-order valence-corrected chi connectivity index (χ0v) is 13.5. The van der Waals surface area contributed by atoms with Crippen LogP contribution in [0.1, 0.15) is 30.1 Å². The molecule has 1 saturated heterocycles. The number of piperazine rings is 1. The van der Waals surface area contributed by atoms with Crippen molar-refractivity contribution in [3.8, 4) is 5.69 Å². The first-order chi connectivity index (χ1) is 11.3. The molecule has 0 spiro atoms. The molecule has 4 rings (SSSR count). The maximum atomic E-state index is 9.46. The Morgan fingerprint density at radius 1 is 1.04 bits per heavy atom. The van der Waals surface area contributed by atoms with Crippen LogP contribution in [0.4, 0.5) is 5.69 Å². The molecule has 1 aliphatic carbocycles. The molecule has 2 aliphatic rings. The number of anilines is 1. The first-order valence-corrected chi connectivity index (χ1v) is 8.35. The topological polar surface area (TPSA) is 57.4 Å². The summed E-state index contributed by atoms with van der Waals surface area (Å²) in [6.07, 6.45) is 2.33. The fourth-order valence-corrected chi connectivity index (χ4v) is 3.26. The molecule has 1 aromatic heterocycles. The van der Waals surface area contributed by atoms with E-state index in [2.05, 4.69) is 51.4 Å². The molecule has 0 atom stereocenters. The van der Waals surface area contributed by atoms with Crippen LogP contribution in [0.5, 0.6) is 0 Å². The summed E-state index contributed by atoms with van der Waals surface area (Å²) < 4.78 is 1.90. The molecule has 1 aromatic carbocycles. The molecule has 6 nitrogen and oxygen atoms in total. The highest BCUT2D eigenvalue weighted by atomic mass is 16.3. The highest BCUT2D eigenvalue weighted by Gasteiger charge is 2.31. The van der Waals surface area contributed by atoms with Crippen LogP contribution in [0, 0.1) is 0 Å². The molecule has 1 N–H and O–H groups in total. The van der Waals surface area contributed by atoms with E-state index in [1.165, 1.54) is 18.5 Å². The van der Waals surface area contributed by atoms with Gasteiger partial charge in [-0.1, -0.05) is 5.21 Å². The SMILES string of the molecule is CN1CCN(c2ccc(-n3nnc(CO)c3C3CC3)cc2)CC1. The molecule has 122 valence electrons. The maximum absolute atomic E-state index is 9.46. The predicted molar refractivity (Wildman–Crippen MR) is 89.0 cm³/mol. The van der Waals surface area contributed by atoms with Gasteiger partial charge in [0.2, 0.25) is 0 Å². The summed E-state index contributed by atoms with van der Waals surface area (Å²) in [7, 11) is 2.17. The molecule has 0 unspecified atom stereocenters. The monoisotopic (exact) mass is 313 g/mol. The summed E-state index contributed by atoms with van der Waals surface area (Å²) in [5.41, 5.74) is 4.09. The fraction of sp³-hybridized carbons (Fsp3) is 0.529. The Bertz CT molecular complexity index is 669. The maximum Gasteiger partial charge on any atom is 0.112 e. The van der Waals surface area contributed by atoms with Crippen LogP contribution in [0.25, 0.3) is 5.69 Å². The number of likely N-dealkylation sites (N-methyl/N-ethyl adjacent to an activating group) is 1. The largest absolute Gasteiger partial charge is 0.390 e. The molecule has 2 fully saturated rings. The van der Waals surface area contributed by atoms with E-state index in [-0.39, 0.29) is 6.61 Å². The highest BCUT2D eigenvalue weighted by molar-refractivity contribution is 5.51. The molecule has 0 amide bonds. The van der Waals surface area contributed by atoms with Gasteiger partial charge in [-0.05, 0) is 44.2 Å². The van der Waals surface area contributed by atoms with Gasteiger partial charge in [-0.25, -0.2) is 4.68 Å². The van der Waals surface area contributed by atoms with Gasteiger partial charge in [0, 0.05) is 37.8 Å². The third-order valence-electron chi connectivity index (χ3n) is 4.86. The zero-order valence-electron chi connectivity index (χ0n) is 13.5. The average Bonchev–Trinajstić information content (AvgIpc) is 3.34. The van der Waals surface area contributed by atoms with Crippen LogP contribution in [-0.2, 0) is 6.61 Å². The van der Waals surface area contributed by atoms with Gasteiger partial charge < -0.3 is 14.9 Å². The Labute approximate surface area is 136 Å². The number of hydrogen-bond acceptors (Lipinski definition) is 5. The summed E-state index contributed by atoms with van der Waals surface area (Å²) in [5.74, 6) is 0.504. The Morgan fingerprint density at radius 2 is 1.70 bits per heavy atom. The lowest BCUT2D eigenvalue weighted by Crippen LogP contribution is -2.44. The van der Waals surface area contributed by atoms with Crippen molar-refractivity contribution in [2.75, 3.05) is 38.1 Å². The highest BCUT2D eigenvalue weighted by Crippen LogP contribution is 2.42. The van der Waals surface area contributed by atoms with Crippen LogP contribution >= 0.6 is 0 Å². The van der Waals surface area contributed by atoms with Gasteiger partial charge >= 0.3 is 0 Å². The predicted octanol–water partition coefficient (Wildman–Crippen LogP) is 1.39. The molecular formula is C17H23N5O. The van der Waals surface area contributed by atoms with Crippen LogP contribution < -0.4 is 4.90 Å². The first-order valence-electron chi connectivity index (χ1n) is 8.35. The third-order valence-corrected chi connectivity index (χ3v) is 4.86. The second-order valence-electron chi connectivity index (χ2n) is 6.57. The Morgan fingerprint density at radius 3 is 2.30 bits per heavy atom. The van der Waals surface area contributed by atoms with Gasteiger partial charge in [0.1, 0.15) is 5.69 Å². The van der Waals surface area contributed by atoms with Crippen molar-refractivity contribution in [1.82, 2.24) is 19.9 Å². The lowest BCUT2D eigenvalue weighted by molar-refractivity contribution is 0.275. The van der Waals surface area contributed by atoms with Crippen LogP contribution in [0.2, 0.25) is 0 Å². The van der Waals surface area contributed by atoms with Crippen LogP contribution in [0.15, 0.2) is 24.3 Å². The van der Waals surface area contributed by atoms with Crippen LogP contribution in [-0.4, -0.2) is 58.2 Å². The van der Waals surface area contributed by atoms with E-state index in [0.717, 1.165) is 43.3 Å². The van der Waals surface area contributed by atoms with Gasteiger partial charge in [0.25, 0.3) is 0 Å². The molecular weight excluding hydrogens is 290 g/mol. The lowest BCUT2D eigenvalue weighted by atomic mass is 10.2. The van der Waals surface area contributed by atoms with Crippen molar-refractivity contribution in [3.63, 3.8) is 0 Å². The quantitative estimate of drug-likeness (QED) is 0.924. The normalized spacial score (nSPS) is 19.3. The molecule has 23 heavy (non-hydrogen) atoms. The summed E-state index contributed by atoms with van der Waals surface area (Å²) >= 11 is 0. The molecule has 1 aliphatic heterocycles. The number of aliphatic hydroxyl groups is 1. The van der Waals surface area contributed by atoms with Crippen molar-refractivity contribution < 1.29 is 5.11 Å². The lowest BCUT2D eigenvalue weighted by Gasteiger charge is -2.34. The van der Waals surface area contributed by atoms with E-state index in [1.807, 2.05) is 4.68 Å². The van der Waals surface area contributed by atoms with E-state index in [4.69, 9.17) is 0 Å². The van der Waals surface area contributed by atoms with Gasteiger partial charge in [-0.2, -0.15) is 0 Å². The number of aliphatic hydroxyl groups excluding tert-OH is 1.